The van der Waals surface area contributed by atoms with Gasteiger partial charge in [0.25, 0.3) is 5.60 Å². The van der Waals surface area contributed by atoms with E-state index in [-0.39, 0.29) is 23.7 Å². The van der Waals surface area contributed by atoms with Crippen molar-refractivity contribution < 1.29 is 46.8 Å². The van der Waals surface area contributed by atoms with E-state index in [0.717, 1.165) is 37.7 Å². The number of hydrogen-bond acceptors (Lipinski definition) is 4. The zero-order valence-electron chi connectivity index (χ0n) is 25.4. The first kappa shape index (κ1) is 35.4. The highest BCUT2D eigenvalue weighted by atomic mass is 19.4. The molecule has 1 unspecified atom stereocenters. The first-order valence-corrected chi connectivity index (χ1v) is 15.4. The van der Waals surface area contributed by atoms with E-state index >= 15 is 0 Å². The molecule has 3 saturated carbocycles. The number of hydrogen-bond donors (Lipinski definition) is 4. The first-order valence-electron chi connectivity index (χ1n) is 15.4. The van der Waals surface area contributed by atoms with E-state index in [1.807, 2.05) is 13.0 Å². The van der Waals surface area contributed by atoms with Crippen molar-refractivity contribution in [1.29, 1.82) is 0 Å². The second-order valence-electron chi connectivity index (χ2n) is 14.6. The Labute approximate surface area is 246 Å². The van der Waals surface area contributed by atoms with Gasteiger partial charge in [0, 0.05) is 0 Å². The van der Waals surface area contributed by atoms with Crippen molar-refractivity contribution in [3.63, 3.8) is 0 Å². The third-order valence-corrected chi connectivity index (χ3v) is 10.6. The van der Waals surface area contributed by atoms with E-state index in [1.54, 1.807) is 13.8 Å². The lowest BCUT2D eigenvalue weighted by atomic mass is 9.55. The van der Waals surface area contributed by atoms with Crippen LogP contribution >= 0.6 is 0 Å². The predicted octanol–water partition coefficient (Wildman–Crippen LogP) is 7.93. The van der Waals surface area contributed by atoms with Crippen molar-refractivity contribution in [1.82, 2.24) is 0 Å². The highest BCUT2D eigenvalue weighted by Gasteiger charge is 2.69. The van der Waals surface area contributed by atoms with Crippen LogP contribution in [0.5, 0.6) is 0 Å². The number of allylic oxidation sites excluding steroid dienone is 3. The Balaban J connectivity index is 1.85. The molecule has 6 atom stereocenters. The molecule has 3 aliphatic rings. The largest absolute Gasteiger partial charge is 0.426 e. The van der Waals surface area contributed by atoms with Crippen molar-refractivity contribution in [3.05, 3.63) is 23.3 Å². The summed E-state index contributed by atoms with van der Waals surface area (Å²) >= 11 is 0. The van der Waals surface area contributed by atoms with E-state index in [2.05, 4.69) is 13.0 Å². The van der Waals surface area contributed by atoms with E-state index in [9.17, 15) is 46.8 Å². The monoisotopic (exact) mass is 612 g/mol. The molecule has 3 fully saturated rings. The second-order valence-corrected chi connectivity index (χ2v) is 14.6. The Kier molecular flexibility index (Phi) is 10.7. The average Bonchev–Trinajstić information content (AvgIpc) is 3.18. The van der Waals surface area contributed by atoms with Crippen molar-refractivity contribution in [2.75, 3.05) is 0 Å². The minimum absolute atomic E-state index is 0.0522. The maximum Gasteiger partial charge on any atom is 0.426 e. The van der Waals surface area contributed by atoms with Crippen LogP contribution in [0.15, 0.2) is 23.3 Å². The van der Waals surface area contributed by atoms with Gasteiger partial charge in [-0.1, -0.05) is 43.6 Å². The third kappa shape index (κ3) is 7.94. The van der Waals surface area contributed by atoms with Gasteiger partial charge in [0.1, 0.15) is 0 Å². The number of halogens is 6. The summed E-state index contributed by atoms with van der Waals surface area (Å²) in [5.41, 5.74) is -4.19. The number of fused-ring (bicyclic) bond motifs is 1. The molecule has 244 valence electrons. The van der Waals surface area contributed by atoms with Crippen molar-refractivity contribution >= 4 is 0 Å². The third-order valence-electron chi connectivity index (χ3n) is 10.6. The van der Waals surface area contributed by atoms with E-state index in [1.165, 1.54) is 5.57 Å². The molecule has 10 heteroatoms. The molecular weight excluding hydrogens is 562 g/mol. The molecule has 0 heterocycles. The van der Waals surface area contributed by atoms with Crippen LogP contribution in [0.3, 0.4) is 0 Å². The van der Waals surface area contributed by atoms with E-state index in [0.29, 0.717) is 38.5 Å². The van der Waals surface area contributed by atoms with Gasteiger partial charge in [-0.15, -0.1) is 0 Å². The van der Waals surface area contributed by atoms with Crippen LogP contribution in [0.25, 0.3) is 0 Å². The van der Waals surface area contributed by atoms with Gasteiger partial charge < -0.3 is 20.4 Å². The summed E-state index contributed by atoms with van der Waals surface area (Å²) < 4.78 is 80.4. The summed E-state index contributed by atoms with van der Waals surface area (Å²) in [4.78, 5) is 0. The Morgan fingerprint density at radius 3 is 1.88 bits per heavy atom. The topological polar surface area (TPSA) is 80.9 Å². The molecule has 4 nitrogen and oxygen atoms in total. The molecule has 0 aromatic rings. The molecule has 0 spiro atoms. The zero-order chi connectivity index (χ0) is 31.8. The van der Waals surface area contributed by atoms with Gasteiger partial charge in [-0.25, -0.2) is 0 Å². The molecule has 4 N–H and O–H groups in total. The molecule has 0 aromatic carbocycles. The molecule has 0 aliphatic heterocycles. The summed E-state index contributed by atoms with van der Waals surface area (Å²) in [6.07, 6.45) is -3.00. The standard InChI is InChI=1S/C32H50F6O4/c1-27(2,41)13-6-14-28(3,15-7-17-30(42,31(33,34)35)32(36,37)38)26-12-11-25-22(8-5-16-29(25,26)4)10-9-21-18-23(39)20-24(40)19-21/h9-10,23-26,39-42H,5-8,11-20H2,1-4H3/b22-10+/t23-,24-,25?,26-,28-,29+/m1/s1. The van der Waals surface area contributed by atoms with Crippen LogP contribution in [0, 0.1) is 22.7 Å². The lowest BCUT2D eigenvalue weighted by Gasteiger charge is -2.50. The van der Waals surface area contributed by atoms with Crippen molar-refractivity contribution in [2.45, 2.75) is 153 Å². The van der Waals surface area contributed by atoms with E-state index < -0.39 is 54.0 Å². The van der Waals surface area contributed by atoms with Gasteiger partial charge in [-0.3, -0.25) is 0 Å². The van der Waals surface area contributed by atoms with Gasteiger partial charge in [0.2, 0.25) is 0 Å². The summed E-state index contributed by atoms with van der Waals surface area (Å²) in [5, 5.41) is 40.2. The number of aliphatic hydroxyl groups excluding tert-OH is 2. The predicted molar refractivity (Wildman–Crippen MR) is 149 cm³/mol. The maximum absolute atomic E-state index is 13.4. The number of aliphatic hydroxyl groups is 4. The van der Waals surface area contributed by atoms with E-state index in [4.69, 9.17) is 0 Å². The van der Waals surface area contributed by atoms with Crippen LogP contribution in [0.4, 0.5) is 26.3 Å². The van der Waals surface area contributed by atoms with Crippen LogP contribution in [0.1, 0.15) is 118 Å². The molecule has 3 rings (SSSR count). The van der Waals surface area contributed by atoms with Crippen LogP contribution in [0.2, 0.25) is 0 Å². The summed E-state index contributed by atoms with van der Waals surface area (Å²) in [6.45, 7) is 7.54. The summed E-state index contributed by atoms with van der Waals surface area (Å²) in [6, 6.07) is 0. The van der Waals surface area contributed by atoms with Crippen molar-refractivity contribution in [2.24, 2.45) is 22.7 Å². The lowest BCUT2D eigenvalue weighted by Crippen LogP contribution is -2.56. The normalized spacial score (nSPS) is 32.1. The van der Waals surface area contributed by atoms with Gasteiger partial charge in [-0.2, -0.15) is 26.3 Å². The fourth-order valence-corrected chi connectivity index (χ4v) is 8.51. The number of rotatable bonds is 10. The Bertz CT molecular complexity index is 955. The number of alkyl halides is 6. The molecule has 0 radical (unpaired) electrons. The average molecular weight is 613 g/mol. The van der Waals surface area contributed by atoms with Crippen LogP contribution in [-0.2, 0) is 0 Å². The van der Waals surface area contributed by atoms with Gasteiger partial charge in [0.15, 0.2) is 0 Å². The lowest BCUT2D eigenvalue weighted by molar-refractivity contribution is -0.370. The minimum Gasteiger partial charge on any atom is -0.393 e. The maximum atomic E-state index is 13.4. The Hall–Kier alpha value is -1.10. The van der Waals surface area contributed by atoms with Gasteiger partial charge in [0.05, 0.1) is 17.8 Å². The Morgan fingerprint density at radius 1 is 0.810 bits per heavy atom. The fraction of sp³-hybridized carbons (Fsp3) is 0.875. The molecule has 0 bridgehead atoms. The smallest absolute Gasteiger partial charge is 0.393 e. The SMILES string of the molecule is CC(C)(O)CCC[C@](C)(CCCC(O)(C(F)(F)F)C(F)(F)F)[C@H]1CCC2/C(=C/C=C3C[C@@H](O)C[C@H](O)C3)CCC[C@@]21C. The minimum atomic E-state index is -5.82. The molecule has 3 aliphatic carbocycles. The molecular formula is C32H50F6O4. The van der Waals surface area contributed by atoms with Crippen LogP contribution in [-0.4, -0.2) is 56.2 Å². The van der Waals surface area contributed by atoms with Gasteiger partial charge >= 0.3 is 12.4 Å². The fourth-order valence-electron chi connectivity index (χ4n) is 8.51. The molecule has 0 saturated heterocycles. The highest BCUT2D eigenvalue weighted by Crippen LogP contribution is 2.64. The first-order chi connectivity index (χ1) is 19.1. The zero-order valence-corrected chi connectivity index (χ0v) is 25.4. The van der Waals surface area contributed by atoms with Gasteiger partial charge in [-0.05, 0) is 120 Å². The van der Waals surface area contributed by atoms with Crippen LogP contribution < -0.4 is 0 Å². The molecule has 0 aromatic heterocycles. The Morgan fingerprint density at radius 2 is 1.36 bits per heavy atom. The summed E-state index contributed by atoms with van der Waals surface area (Å²) in [5.74, 6) is 0.277. The second kappa shape index (κ2) is 12.7. The summed E-state index contributed by atoms with van der Waals surface area (Å²) in [7, 11) is 0. The van der Waals surface area contributed by atoms with Crippen molar-refractivity contribution in [3.8, 4) is 0 Å². The molecule has 42 heavy (non-hydrogen) atoms. The quantitative estimate of drug-likeness (QED) is 0.189. The highest BCUT2D eigenvalue weighted by molar-refractivity contribution is 5.26. The molecule has 0 amide bonds.